The zero-order valence-electron chi connectivity index (χ0n) is 13.6. The van der Waals surface area contributed by atoms with Gasteiger partial charge in [-0.2, -0.15) is 0 Å². The molecule has 0 radical (unpaired) electrons. The summed E-state index contributed by atoms with van der Waals surface area (Å²) in [6, 6.07) is 0. The number of rotatable bonds is 5. The SMILES string of the molecule is CC.CCCCNCC1CN(C(=O)OC(C)(C)C)C1. The first-order valence-electron chi connectivity index (χ1n) is 7.61. The fraction of sp³-hybridized carbons (Fsp3) is 0.933. The van der Waals surface area contributed by atoms with E-state index in [0.29, 0.717) is 5.92 Å². The van der Waals surface area contributed by atoms with Gasteiger partial charge in [-0.3, -0.25) is 0 Å². The van der Waals surface area contributed by atoms with Gasteiger partial charge >= 0.3 is 6.09 Å². The molecule has 1 N–H and O–H groups in total. The summed E-state index contributed by atoms with van der Waals surface area (Å²) in [5.74, 6) is 0.597. The first kappa shape index (κ1) is 18.2. The number of carbonyl (C=O) groups is 1. The lowest BCUT2D eigenvalue weighted by Gasteiger charge is -2.39. The van der Waals surface area contributed by atoms with E-state index in [4.69, 9.17) is 4.74 Å². The zero-order chi connectivity index (χ0) is 14.9. The van der Waals surface area contributed by atoms with Crippen LogP contribution in [-0.4, -0.2) is 42.8 Å². The number of ether oxygens (including phenoxy) is 1. The van der Waals surface area contributed by atoms with Crippen molar-refractivity contribution in [2.24, 2.45) is 5.92 Å². The van der Waals surface area contributed by atoms with Gasteiger partial charge in [0.25, 0.3) is 0 Å². The van der Waals surface area contributed by atoms with E-state index >= 15 is 0 Å². The second-order valence-corrected chi connectivity index (χ2v) is 5.81. The highest BCUT2D eigenvalue weighted by atomic mass is 16.6. The van der Waals surface area contributed by atoms with Crippen molar-refractivity contribution < 1.29 is 9.53 Å². The third-order valence-electron chi connectivity index (χ3n) is 2.75. The Hall–Kier alpha value is -0.770. The van der Waals surface area contributed by atoms with Crippen LogP contribution in [0.2, 0.25) is 0 Å². The highest BCUT2D eigenvalue weighted by Gasteiger charge is 2.33. The Morgan fingerprint density at radius 2 is 1.89 bits per heavy atom. The molecular formula is C15H32N2O2. The van der Waals surface area contributed by atoms with E-state index in [1.165, 1.54) is 12.8 Å². The number of unbranched alkanes of at least 4 members (excludes halogenated alkanes) is 1. The third-order valence-corrected chi connectivity index (χ3v) is 2.75. The van der Waals surface area contributed by atoms with Crippen LogP contribution >= 0.6 is 0 Å². The van der Waals surface area contributed by atoms with E-state index in [1.807, 2.05) is 34.6 Å². The normalized spacial score (nSPS) is 15.4. The Labute approximate surface area is 118 Å². The number of nitrogens with one attached hydrogen (secondary N) is 1. The molecule has 1 rings (SSSR count). The predicted octanol–water partition coefficient (Wildman–Crippen LogP) is 3.27. The summed E-state index contributed by atoms with van der Waals surface area (Å²) in [4.78, 5) is 13.4. The van der Waals surface area contributed by atoms with Gasteiger partial charge in [-0.05, 0) is 33.7 Å². The molecule has 0 unspecified atom stereocenters. The maximum absolute atomic E-state index is 11.6. The summed E-state index contributed by atoms with van der Waals surface area (Å²) in [6.45, 7) is 15.6. The van der Waals surface area contributed by atoms with Gasteiger partial charge in [-0.15, -0.1) is 0 Å². The average Bonchev–Trinajstić information content (AvgIpc) is 2.26. The minimum Gasteiger partial charge on any atom is -0.444 e. The smallest absolute Gasteiger partial charge is 0.410 e. The van der Waals surface area contributed by atoms with Crippen LogP contribution in [-0.2, 0) is 4.74 Å². The molecule has 0 aromatic heterocycles. The van der Waals surface area contributed by atoms with Crippen molar-refractivity contribution in [3.8, 4) is 0 Å². The topological polar surface area (TPSA) is 41.6 Å². The van der Waals surface area contributed by atoms with Crippen molar-refractivity contribution in [1.82, 2.24) is 10.2 Å². The molecule has 0 aliphatic carbocycles. The van der Waals surface area contributed by atoms with Crippen molar-refractivity contribution in [2.75, 3.05) is 26.2 Å². The minimum absolute atomic E-state index is 0.178. The summed E-state index contributed by atoms with van der Waals surface area (Å²) < 4.78 is 5.30. The molecule has 0 aromatic carbocycles. The van der Waals surface area contributed by atoms with Crippen LogP contribution in [0, 0.1) is 5.92 Å². The van der Waals surface area contributed by atoms with E-state index < -0.39 is 0 Å². The summed E-state index contributed by atoms with van der Waals surface area (Å²) in [7, 11) is 0. The summed E-state index contributed by atoms with van der Waals surface area (Å²) in [5, 5.41) is 3.42. The molecule has 0 atom stereocenters. The maximum Gasteiger partial charge on any atom is 0.410 e. The minimum atomic E-state index is -0.387. The molecule has 1 heterocycles. The Balaban J connectivity index is 0.00000154. The molecule has 114 valence electrons. The lowest BCUT2D eigenvalue weighted by molar-refractivity contribution is -0.000733. The molecule has 4 nitrogen and oxygen atoms in total. The van der Waals surface area contributed by atoms with E-state index in [1.54, 1.807) is 4.90 Å². The molecule has 19 heavy (non-hydrogen) atoms. The van der Waals surface area contributed by atoms with Crippen molar-refractivity contribution >= 4 is 6.09 Å². The van der Waals surface area contributed by atoms with Crippen molar-refractivity contribution in [3.05, 3.63) is 0 Å². The largest absolute Gasteiger partial charge is 0.444 e. The van der Waals surface area contributed by atoms with Gasteiger partial charge in [0.1, 0.15) is 5.60 Å². The molecule has 1 saturated heterocycles. The van der Waals surface area contributed by atoms with Gasteiger partial charge in [-0.1, -0.05) is 27.2 Å². The molecule has 0 saturated carbocycles. The number of amides is 1. The van der Waals surface area contributed by atoms with Gasteiger partial charge < -0.3 is 15.0 Å². The highest BCUT2D eigenvalue weighted by molar-refractivity contribution is 5.69. The number of likely N-dealkylation sites (tertiary alicyclic amines) is 1. The maximum atomic E-state index is 11.6. The molecule has 0 bridgehead atoms. The fourth-order valence-corrected chi connectivity index (χ4v) is 1.78. The Bertz CT molecular complexity index is 243. The number of hydrogen-bond acceptors (Lipinski definition) is 3. The highest BCUT2D eigenvalue weighted by Crippen LogP contribution is 2.18. The lowest BCUT2D eigenvalue weighted by Crippen LogP contribution is -2.54. The third kappa shape index (κ3) is 8.09. The fourth-order valence-electron chi connectivity index (χ4n) is 1.78. The van der Waals surface area contributed by atoms with E-state index in [0.717, 1.165) is 26.2 Å². The second-order valence-electron chi connectivity index (χ2n) is 5.81. The van der Waals surface area contributed by atoms with Crippen LogP contribution in [0.4, 0.5) is 4.79 Å². The molecule has 4 heteroatoms. The Kier molecular flexibility index (Phi) is 8.81. The molecule has 1 aliphatic heterocycles. The monoisotopic (exact) mass is 272 g/mol. The van der Waals surface area contributed by atoms with Crippen molar-refractivity contribution in [3.63, 3.8) is 0 Å². The van der Waals surface area contributed by atoms with Gasteiger partial charge in [0.15, 0.2) is 0 Å². The molecule has 0 aromatic rings. The first-order valence-corrected chi connectivity index (χ1v) is 7.61. The number of carbonyl (C=O) groups excluding carboxylic acids is 1. The van der Waals surface area contributed by atoms with Gasteiger partial charge in [0, 0.05) is 25.6 Å². The van der Waals surface area contributed by atoms with Gasteiger partial charge in [-0.25, -0.2) is 4.79 Å². The van der Waals surface area contributed by atoms with Crippen LogP contribution in [0.15, 0.2) is 0 Å². The Morgan fingerprint density at radius 1 is 1.32 bits per heavy atom. The zero-order valence-corrected chi connectivity index (χ0v) is 13.6. The van der Waals surface area contributed by atoms with Crippen LogP contribution in [0.5, 0.6) is 0 Å². The molecule has 1 fully saturated rings. The number of hydrogen-bond donors (Lipinski definition) is 1. The van der Waals surface area contributed by atoms with Crippen LogP contribution in [0.3, 0.4) is 0 Å². The lowest BCUT2D eigenvalue weighted by atomic mass is 10.0. The Morgan fingerprint density at radius 3 is 2.37 bits per heavy atom. The van der Waals surface area contributed by atoms with Crippen LogP contribution in [0.25, 0.3) is 0 Å². The van der Waals surface area contributed by atoms with Crippen molar-refractivity contribution in [1.29, 1.82) is 0 Å². The van der Waals surface area contributed by atoms with E-state index in [9.17, 15) is 4.79 Å². The van der Waals surface area contributed by atoms with Gasteiger partial charge in [0.05, 0.1) is 0 Å². The van der Waals surface area contributed by atoms with Crippen molar-refractivity contribution in [2.45, 2.75) is 60.0 Å². The molecule has 1 aliphatic rings. The number of nitrogens with zero attached hydrogens (tertiary/aromatic N) is 1. The van der Waals surface area contributed by atoms with Crippen LogP contribution < -0.4 is 5.32 Å². The molecular weight excluding hydrogens is 240 g/mol. The van der Waals surface area contributed by atoms with E-state index in [2.05, 4.69) is 12.2 Å². The predicted molar refractivity (Wildman–Crippen MR) is 80.4 cm³/mol. The quantitative estimate of drug-likeness (QED) is 0.781. The van der Waals surface area contributed by atoms with E-state index in [-0.39, 0.29) is 11.7 Å². The molecule has 1 amide bonds. The summed E-state index contributed by atoms with van der Waals surface area (Å²) in [6.07, 6.45) is 2.27. The summed E-state index contributed by atoms with van der Waals surface area (Å²) in [5.41, 5.74) is -0.387. The standard InChI is InChI=1S/C13H26N2O2.C2H6/c1-5-6-7-14-8-11-9-15(10-11)12(16)17-13(2,3)4;1-2/h11,14H,5-10H2,1-4H3;1-2H3. The molecule has 0 spiro atoms. The summed E-state index contributed by atoms with van der Waals surface area (Å²) >= 11 is 0. The van der Waals surface area contributed by atoms with Crippen LogP contribution in [0.1, 0.15) is 54.4 Å². The van der Waals surface area contributed by atoms with Gasteiger partial charge in [0.2, 0.25) is 0 Å². The first-order chi connectivity index (χ1) is 8.92. The average molecular weight is 272 g/mol. The second kappa shape index (κ2) is 9.18.